The first-order valence-corrected chi connectivity index (χ1v) is 11.5. The molecule has 2 aromatic heterocycles. The van der Waals surface area contributed by atoms with Crippen molar-refractivity contribution in [2.75, 3.05) is 18.9 Å². The van der Waals surface area contributed by atoms with E-state index in [0.29, 0.717) is 11.5 Å². The van der Waals surface area contributed by atoms with Crippen molar-refractivity contribution in [2.24, 2.45) is 0 Å². The average molecular weight is 478 g/mol. The van der Waals surface area contributed by atoms with Crippen LogP contribution in [0.3, 0.4) is 0 Å². The number of likely N-dealkylation sites (N-methyl/N-ethyl adjacent to an activating group) is 1. The maximum absolute atomic E-state index is 13.4. The monoisotopic (exact) mass is 477 g/mol. The number of nitrogens with zero attached hydrogens (tertiary/aromatic N) is 4. The summed E-state index contributed by atoms with van der Waals surface area (Å²) in [6.07, 6.45) is 0. The third-order valence-corrected chi connectivity index (χ3v) is 6.15. The number of hydrogen-bond acceptors (Lipinski definition) is 5. The summed E-state index contributed by atoms with van der Waals surface area (Å²) in [4.78, 5) is 32.3. The Morgan fingerprint density at radius 2 is 1.76 bits per heavy atom. The minimum absolute atomic E-state index is 0.0503. The van der Waals surface area contributed by atoms with Gasteiger partial charge in [-0.1, -0.05) is 23.8 Å². The molecule has 7 nitrogen and oxygen atoms in total. The van der Waals surface area contributed by atoms with Crippen LogP contribution >= 0.6 is 11.3 Å². The third-order valence-electron chi connectivity index (χ3n) is 5.28. The van der Waals surface area contributed by atoms with Gasteiger partial charge in [0.25, 0.3) is 5.91 Å². The molecular weight excluding hydrogens is 453 g/mol. The predicted octanol–water partition coefficient (Wildman–Crippen LogP) is 4.77. The number of thiophene rings is 1. The van der Waals surface area contributed by atoms with Gasteiger partial charge in [-0.05, 0) is 67.6 Å². The third kappa shape index (κ3) is 4.89. The van der Waals surface area contributed by atoms with Crippen molar-refractivity contribution in [1.82, 2.24) is 19.7 Å². The van der Waals surface area contributed by atoms with E-state index >= 15 is 0 Å². The van der Waals surface area contributed by atoms with Gasteiger partial charge in [-0.15, -0.1) is 16.4 Å². The van der Waals surface area contributed by atoms with Gasteiger partial charge in [-0.2, -0.15) is 0 Å². The smallest absolute Gasteiger partial charge is 0.293 e. The lowest BCUT2D eigenvalue weighted by Gasteiger charge is -2.17. The van der Waals surface area contributed by atoms with Crippen LogP contribution in [0, 0.1) is 26.6 Å². The van der Waals surface area contributed by atoms with Gasteiger partial charge < -0.3 is 10.2 Å². The molecule has 1 N–H and O–H groups in total. The molecule has 0 aliphatic carbocycles. The predicted molar refractivity (Wildman–Crippen MR) is 131 cm³/mol. The van der Waals surface area contributed by atoms with E-state index in [1.165, 1.54) is 40.1 Å². The standard InChI is InChI=1S/C25H24FN5O2S/c1-15-12-16(2)22(17(3)13-15)27-21(32)14-30(4)25(33)23-28-24(20-6-5-11-34-20)31(29-23)19-9-7-18(26)8-10-19/h5-13H,14H2,1-4H3,(H,27,32). The van der Waals surface area contributed by atoms with Gasteiger partial charge in [0.1, 0.15) is 5.82 Å². The van der Waals surface area contributed by atoms with Crippen LogP contribution in [0.15, 0.2) is 53.9 Å². The number of aromatic nitrogens is 3. The Labute approximate surface area is 200 Å². The maximum atomic E-state index is 13.4. The molecule has 9 heteroatoms. The number of halogens is 1. The lowest BCUT2D eigenvalue weighted by atomic mass is 10.1. The van der Waals surface area contributed by atoms with Crippen molar-refractivity contribution in [3.63, 3.8) is 0 Å². The summed E-state index contributed by atoms with van der Waals surface area (Å²) >= 11 is 1.45. The Kier molecular flexibility index (Phi) is 6.56. The fourth-order valence-electron chi connectivity index (χ4n) is 3.74. The van der Waals surface area contributed by atoms with Gasteiger partial charge in [-0.25, -0.2) is 14.1 Å². The first-order chi connectivity index (χ1) is 16.2. The van der Waals surface area contributed by atoms with Crippen molar-refractivity contribution in [1.29, 1.82) is 0 Å². The summed E-state index contributed by atoms with van der Waals surface area (Å²) in [6, 6.07) is 13.5. The first kappa shape index (κ1) is 23.3. The lowest BCUT2D eigenvalue weighted by Crippen LogP contribution is -2.35. The molecule has 2 amide bonds. The number of nitrogens with one attached hydrogen (secondary N) is 1. The fourth-order valence-corrected chi connectivity index (χ4v) is 4.44. The Morgan fingerprint density at radius 1 is 1.09 bits per heavy atom. The van der Waals surface area contributed by atoms with E-state index in [-0.39, 0.29) is 24.1 Å². The van der Waals surface area contributed by atoms with Crippen LogP contribution in [0.4, 0.5) is 10.1 Å². The minimum atomic E-state index is -0.494. The second-order valence-corrected chi connectivity index (χ2v) is 9.06. The highest BCUT2D eigenvalue weighted by molar-refractivity contribution is 7.13. The van der Waals surface area contributed by atoms with E-state index in [4.69, 9.17) is 0 Å². The summed E-state index contributed by atoms with van der Waals surface area (Å²) in [6.45, 7) is 5.71. The average Bonchev–Trinajstić information content (AvgIpc) is 3.46. The van der Waals surface area contributed by atoms with Gasteiger partial charge in [0.15, 0.2) is 5.82 Å². The van der Waals surface area contributed by atoms with Crippen LogP contribution in [0.1, 0.15) is 27.3 Å². The van der Waals surface area contributed by atoms with Gasteiger partial charge in [0.05, 0.1) is 17.1 Å². The largest absolute Gasteiger partial charge is 0.330 e. The summed E-state index contributed by atoms with van der Waals surface area (Å²) in [5, 5.41) is 9.18. The molecule has 4 rings (SSSR count). The molecule has 0 fully saturated rings. The van der Waals surface area contributed by atoms with Crippen molar-refractivity contribution < 1.29 is 14.0 Å². The number of rotatable bonds is 6. The maximum Gasteiger partial charge on any atom is 0.293 e. The molecule has 0 aliphatic rings. The van der Waals surface area contributed by atoms with Crippen LogP contribution in [-0.4, -0.2) is 45.1 Å². The Balaban J connectivity index is 1.56. The fraction of sp³-hybridized carbons (Fsp3) is 0.200. The number of anilines is 1. The molecule has 2 aromatic carbocycles. The summed E-state index contributed by atoms with van der Waals surface area (Å²) in [7, 11) is 1.53. The molecule has 0 atom stereocenters. The number of carbonyl (C=O) groups excluding carboxylic acids is 2. The molecular formula is C25H24FN5O2S. The van der Waals surface area contributed by atoms with E-state index in [0.717, 1.165) is 27.3 Å². The Bertz CT molecular complexity index is 1320. The Hall–Kier alpha value is -3.85. The van der Waals surface area contributed by atoms with Crippen molar-refractivity contribution in [2.45, 2.75) is 20.8 Å². The summed E-state index contributed by atoms with van der Waals surface area (Å²) in [5.74, 6) is -0.768. The van der Waals surface area contributed by atoms with Crippen LogP contribution < -0.4 is 5.32 Å². The van der Waals surface area contributed by atoms with E-state index in [1.54, 1.807) is 12.1 Å². The van der Waals surface area contributed by atoms with E-state index in [1.807, 2.05) is 50.4 Å². The molecule has 0 aliphatic heterocycles. The summed E-state index contributed by atoms with van der Waals surface area (Å²) in [5.41, 5.74) is 4.35. The second kappa shape index (κ2) is 9.56. The van der Waals surface area contributed by atoms with Crippen LogP contribution in [-0.2, 0) is 4.79 Å². The SMILES string of the molecule is Cc1cc(C)c(NC(=O)CN(C)C(=O)c2nc(-c3cccs3)n(-c3ccc(F)cc3)n2)c(C)c1. The molecule has 4 aromatic rings. The molecule has 0 saturated heterocycles. The van der Waals surface area contributed by atoms with E-state index < -0.39 is 5.91 Å². The molecule has 0 saturated carbocycles. The highest BCUT2D eigenvalue weighted by Gasteiger charge is 2.23. The quantitative estimate of drug-likeness (QED) is 0.434. The summed E-state index contributed by atoms with van der Waals surface area (Å²) < 4.78 is 14.9. The number of hydrogen-bond donors (Lipinski definition) is 1. The zero-order valence-corrected chi connectivity index (χ0v) is 20.1. The number of carbonyl (C=O) groups is 2. The van der Waals surface area contributed by atoms with Gasteiger partial charge >= 0.3 is 0 Å². The minimum Gasteiger partial charge on any atom is -0.330 e. The van der Waals surface area contributed by atoms with Gasteiger partial charge in [0, 0.05) is 12.7 Å². The molecule has 0 spiro atoms. The second-order valence-electron chi connectivity index (χ2n) is 8.11. The number of benzene rings is 2. The first-order valence-electron chi connectivity index (χ1n) is 10.6. The highest BCUT2D eigenvalue weighted by atomic mass is 32.1. The zero-order chi connectivity index (χ0) is 24.4. The molecule has 0 unspecified atom stereocenters. The molecule has 2 heterocycles. The van der Waals surface area contributed by atoms with E-state index in [9.17, 15) is 14.0 Å². The lowest BCUT2D eigenvalue weighted by molar-refractivity contribution is -0.116. The highest BCUT2D eigenvalue weighted by Crippen LogP contribution is 2.26. The van der Waals surface area contributed by atoms with Gasteiger partial charge in [0.2, 0.25) is 11.7 Å². The molecule has 0 bridgehead atoms. The number of aryl methyl sites for hydroxylation is 3. The molecule has 174 valence electrons. The van der Waals surface area contributed by atoms with Gasteiger partial charge in [-0.3, -0.25) is 9.59 Å². The Morgan fingerprint density at radius 3 is 2.38 bits per heavy atom. The van der Waals surface area contributed by atoms with Crippen molar-refractivity contribution in [3.8, 4) is 16.4 Å². The molecule has 0 radical (unpaired) electrons. The topological polar surface area (TPSA) is 80.1 Å². The number of amides is 2. The molecule has 34 heavy (non-hydrogen) atoms. The van der Waals surface area contributed by atoms with Crippen molar-refractivity contribution in [3.05, 3.63) is 82.2 Å². The van der Waals surface area contributed by atoms with Crippen molar-refractivity contribution >= 4 is 28.8 Å². The van der Waals surface area contributed by atoms with E-state index in [2.05, 4.69) is 15.4 Å². The van der Waals surface area contributed by atoms with Crippen LogP contribution in [0.25, 0.3) is 16.4 Å². The van der Waals surface area contributed by atoms with Crippen LogP contribution in [0.2, 0.25) is 0 Å². The van der Waals surface area contributed by atoms with Crippen LogP contribution in [0.5, 0.6) is 0 Å². The normalized spacial score (nSPS) is 10.9. The zero-order valence-electron chi connectivity index (χ0n) is 19.3.